The zero-order valence-electron chi connectivity index (χ0n) is 13.3. The molecule has 1 N–H and O–H groups in total. The van der Waals surface area contributed by atoms with Gasteiger partial charge in [-0.15, -0.1) is 0 Å². The Labute approximate surface area is 123 Å². The van der Waals surface area contributed by atoms with E-state index in [1.807, 2.05) is 32.4 Å². The average Bonchev–Trinajstić information content (AvgIpc) is 2.68. The van der Waals surface area contributed by atoms with E-state index in [4.69, 9.17) is 0 Å². The fraction of sp³-hybridized carbons (Fsp3) is 0.714. The van der Waals surface area contributed by atoms with Crippen molar-refractivity contribution >= 4 is 10.0 Å². The number of hydrogen-bond acceptors (Lipinski definition) is 3. The minimum absolute atomic E-state index is 0.0394. The van der Waals surface area contributed by atoms with Crippen LogP contribution in [0.2, 0.25) is 0 Å². The fourth-order valence-corrected chi connectivity index (χ4v) is 3.89. The average molecular weight is 301 g/mol. The summed E-state index contributed by atoms with van der Waals surface area (Å²) in [5, 5.41) is 3.30. The van der Waals surface area contributed by atoms with Gasteiger partial charge in [0.1, 0.15) is 4.90 Å². The van der Waals surface area contributed by atoms with E-state index in [2.05, 4.69) is 19.2 Å². The molecule has 6 heteroatoms. The van der Waals surface area contributed by atoms with Crippen LogP contribution in [-0.2, 0) is 23.6 Å². The van der Waals surface area contributed by atoms with Crippen LogP contribution in [0.4, 0.5) is 0 Å². The van der Waals surface area contributed by atoms with Crippen molar-refractivity contribution < 1.29 is 8.42 Å². The molecular formula is C14H27N3O2S. The van der Waals surface area contributed by atoms with Gasteiger partial charge in [0.05, 0.1) is 0 Å². The van der Waals surface area contributed by atoms with E-state index in [1.54, 1.807) is 12.3 Å². The molecule has 5 nitrogen and oxygen atoms in total. The van der Waals surface area contributed by atoms with Crippen molar-refractivity contribution in [2.75, 3.05) is 6.54 Å². The Morgan fingerprint density at radius 2 is 1.90 bits per heavy atom. The van der Waals surface area contributed by atoms with Gasteiger partial charge in [-0.05, 0) is 19.9 Å². The Balaban J connectivity index is 3.05. The van der Waals surface area contributed by atoms with E-state index in [0.29, 0.717) is 24.0 Å². The molecule has 1 heterocycles. The Morgan fingerprint density at radius 1 is 1.30 bits per heavy atom. The topological polar surface area (TPSA) is 54.3 Å². The highest BCUT2D eigenvalue weighted by atomic mass is 32.2. The highest BCUT2D eigenvalue weighted by molar-refractivity contribution is 7.89. The third kappa shape index (κ3) is 3.84. The number of aromatic nitrogens is 1. The molecule has 0 bridgehead atoms. The summed E-state index contributed by atoms with van der Waals surface area (Å²) in [7, 11) is -1.53. The molecule has 0 spiro atoms. The molecule has 0 unspecified atom stereocenters. The van der Waals surface area contributed by atoms with Crippen LogP contribution in [0.15, 0.2) is 17.2 Å². The number of aryl methyl sites for hydroxylation is 1. The van der Waals surface area contributed by atoms with Crippen molar-refractivity contribution in [3.05, 3.63) is 18.0 Å². The van der Waals surface area contributed by atoms with Gasteiger partial charge < -0.3 is 9.88 Å². The number of rotatable bonds is 7. The van der Waals surface area contributed by atoms with Gasteiger partial charge in [0.2, 0.25) is 10.0 Å². The maximum absolute atomic E-state index is 12.6. The lowest BCUT2D eigenvalue weighted by atomic mass is 10.3. The first-order valence-corrected chi connectivity index (χ1v) is 8.54. The molecule has 0 fully saturated rings. The van der Waals surface area contributed by atoms with E-state index in [0.717, 1.165) is 5.69 Å². The van der Waals surface area contributed by atoms with Crippen LogP contribution in [0, 0.1) is 0 Å². The van der Waals surface area contributed by atoms with E-state index < -0.39 is 10.0 Å². The summed E-state index contributed by atoms with van der Waals surface area (Å²) in [6, 6.07) is 2.09. The first-order valence-electron chi connectivity index (χ1n) is 7.10. The lowest BCUT2D eigenvalue weighted by Gasteiger charge is -2.23. The Morgan fingerprint density at radius 3 is 2.35 bits per heavy atom. The Bertz CT molecular complexity index is 533. The number of hydrogen-bond donors (Lipinski definition) is 1. The molecular weight excluding hydrogens is 274 g/mol. The molecule has 0 aliphatic rings. The van der Waals surface area contributed by atoms with E-state index >= 15 is 0 Å². The summed E-state index contributed by atoms with van der Waals surface area (Å²) in [5.41, 5.74) is 0.970. The van der Waals surface area contributed by atoms with Crippen LogP contribution in [0.1, 0.15) is 40.3 Å². The van der Waals surface area contributed by atoms with Crippen molar-refractivity contribution in [2.24, 2.45) is 7.05 Å². The Kier molecular flexibility index (Phi) is 5.79. The monoisotopic (exact) mass is 301 g/mol. The molecule has 0 saturated carbocycles. The highest BCUT2D eigenvalue weighted by Crippen LogP contribution is 2.20. The molecule has 1 aromatic rings. The summed E-state index contributed by atoms with van der Waals surface area (Å²) in [5.74, 6) is 0. The van der Waals surface area contributed by atoms with Crippen molar-refractivity contribution in [3.8, 4) is 0 Å². The molecule has 0 aromatic carbocycles. The van der Waals surface area contributed by atoms with E-state index in [1.165, 1.54) is 4.31 Å². The number of nitrogens with one attached hydrogen (secondary N) is 1. The van der Waals surface area contributed by atoms with Gasteiger partial charge in [-0.25, -0.2) is 8.42 Å². The second-order valence-corrected chi connectivity index (χ2v) is 7.51. The molecule has 0 aliphatic heterocycles. The van der Waals surface area contributed by atoms with Gasteiger partial charge in [-0.3, -0.25) is 0 Å². The molecule has 0 aliphatic carbocycles. The first-order chi connectivity index (χ1) is 9.20. The molecule has 20 heavy (non-hydrogen) atoms. The van der Waals surface area contributed by atoms with Crippen LogP contribution in [0.3, 0.4) is 0 Å². The number of sulfonamides is 1. The van der Waals surface area contributed by atoms with Gasteiger partial charge in [0.15, 0.2) is 0 Å². The van der Waals surface area contributed by atoms with Crippen LogP contribution in [-0.4, -0.2) is 35.9 Å². The second kappa shape index (κ2) is 6.74. The predicted octanol–water partition coefficient (Wildman–Crippen LogP) is 1.94. The minimum Gasteiger partial charge on any atom is -0.352 e. The smallest absolute Gasteiger partial charge is 0.244 e. The minimum atomic E-state index is -3.41. The van der Waals surface area contributed by atoms with Gasteiger partial charge in [0.25, 0.3) is 0 Å². The standard InChI is InChI=1S/C14H27N3O2S/c1-7-17(12(4)5)20(18,19)14-8-13(16(6)10-14)9-15-11(2)3/h8,10-12,15H,7,9H2,1-6H3. The van der Waals surface area contributed by atoms with Gasteiger partial charge in [-0.1, -0.05) is 20.8 Å². The maximum atomic E-state index is 12.6. The lowest BCUT2D eigenvalue weighted by Crippen LogP contribution is -2.36. The molecule has 1 rings (SSSR count). The van der Waals surface area contributed by atoms with Crippen molar-refractivity contribution in [2.45, 2.75) is 58.1 Å². The van der Waals surface area contributed by atoms with Crippen LogP contribution in [0.5, 0.6) is 0 Å². The number of nitrogens with zero attached hydrogens (tertiary/aromatic N) is 2. The quantitative estimate of drug-likeness (QED) is 0.837. The summed E-state index contributed by atoms with van der Waals surface area (Å²) in [4.78, 5) is 0.371. The van der Waals surface area contributed by atoms with Crippen molar-refractivity contribution in [3.63, 3.8) is 0 Å². The highest BCUT2D eigenvalue weighted by Gasteiger charge is 2.27. The van der Waals surface area contributed by atoms with Crippen LogP contribution >= 0.6 is 0 Å². The third-order valence-corrected chi connectivity index (χ3v) is 5.38. The zero-order valence-corrected chi connectivity index (χ0v) is 14.2. The van der Waals surface area contributed by atoms with Crippen molar-refractivity contribution in [1.29, 1.82) is 0 Å². The summed E-state index contributed by atoms with van der Waals surface area (Å²) in [6.07, 6.45) is 1.69. The van der Waals surface area contributed by atoms with E-state index in [-0.39, 0.29) is 6.04 Å². The fourth-order valence-electron chi connectivity index (χ4n) is 2.15. The SMILES string of the molecule is CCN(C(C)C)S(=O)(=O)c1cc(CNC(C)C)n(C)c1. The molecule has 0 radical (unpaired) electrons. The molecule has 0 atom stereocenters. The summed E-state index contributed by atoms with van der Waals surface area (Å²) < 4.78 is 28.6. The maximum Gasteiger partial charge on any atom is 0.244 e. The van der Waals surface area contributed by atoms with Gasteiger partial charge in [0, 0.05) is 44.1 Å². The molecule has 116 valence electrons. The predicted molar refractivity (Wildman–Crippen MR) is 82.1 cm³/mol. The Hall–Kier alpha value is -0.850. The van der Waals surface area contributed by atoms with E-state index in [9.17, 15) is 8.42 Å². The zero-order chi connectivity index (χ0) is 15.5. The molecule has 0 saturated heterocycles. The second-order valence-electron chi connectivity index (χ2n) is 5.62. The van der Waals surface area contributed by atoms with Gasteiger partial charge >= 0.3 is 0 Å². The molecule has 1 aromatic heterocycles. The molecule has 0 amide bonds. The van der Waals surface area contributed by atoms with Crippen LogP contribution < -0.4 is 5.32 Å². The lowest BCUT2D eigenvalue weighted by molar-refractivity contribution is 0.369. The first kappa shape index (κ1) is 17.2. The van der Waals surface area contributed by atoms with Crippen molar-refractivity contribution in [1.82, 2.24) is 14.2 Å². The summed E-state index contributed by atoms with van der Waals surface area (Å²) >= 11 is 0. The summed E-state index contributed by atoms with van der Waals surface area (Å²) in [6.45, 7) is 10.9. The normalized spacial score (nSPS) is 12.8. The third-order valence-electron chi connectivity index (χ3n) is 3.27. The largest absolute Gasteiger partial charge is 0.352 e. The van der Waals surface area contributed by atoms with Gasteiger partial charge in [-0.2, -0.15) is 4.31 Å². The van der Waals surface area contributed by atoms with Crippen LogP contribution in [0.25, 0.3) is 0 Å².